The van der Waals surface area contributed by atoms with E-state index in [9.17, 15) is 4.79 Å². The molecule has 2 aliphatic rings. The van der Waals surface area contributed by atoms with E-state index in [0.29, 0.717) is 0 Å². The number of nitrogens with zero attached hydrogens (tertiary/aromatic N) is 2. The quantitative estimate of drug-likeness (QED) is 0.598. The smallest absolute Gasteiger partial charge is 0.331 e. The standard InChI is InChI=1S/C19H18N2O2/c1-12(22)23-20-16-9-10-21(2)17-11-14-7-3-5-13-6-4-8-15(18(13)14)19(16)17/h3-7,11H,8-10H2,1-2H3/b20-16+. The van der Waals surface area contributed by atoms with E-state index in [0.717, 1.165) is 36.3 Å². The topological polar surface area (TPSA) is 41.9 Å². The SMILES string of the molecule is CC(=O)O/N=C1\CCN(C)c2cc3cccc4c3c(c21)CC=C4. The minimum atomic E-state index is -0.381. The van der Waals surface area contributed by atoms with Gasteiger partial charge in [0.05, 0.1) is 5.71 Å². The predicted octanol–water partition coefficient (Wildman–Crippen LogP) is 3.52. The van der Waals surface area contributed by atoms with E-state index in [1.54, 1.807) is 0 Å². The highest BCUT2D eigenvalue weighted by Crippen LogP contribution is 2.39. The Morgan fingerprint density at radius 2 is 2.22 bits per heavy atom. The van der Waals surface area contributed by atoms with Gasteiger partial charge in [-0.3, -0.25) is 0 Å². The molecule has 23 heavy (non-hydrogen) atoms. The fourth-order valence-electron chi connectivity index (χ4n) is 3.56. The van der Waals surface area contributed by atoms with E-state index in [2.05, 4.69) is 53.5 Å². The Morgan fingerprint density at radius 1 is 1.35 bits per heavy atom. The molecule has 0 N–H and O–H groups in total. The van der Waals surface area contributed by atoms with Gasteiger partial charge in [0.15, 0.2) is 0 Å². The third-order valence-corrected chi connectivity index (χ3v) is 4.57. The van der Waals surface area contributed by atoms with Crippen LogP contribution < -0.4 is 4.90 Å². The van der Waals surface area contributed by atoms with Gasteiger partial charge in [-0.05, 0) is 34.4 Å². The van der Waals surface area contributed by atoms with Crippen molar-refractivity contribution in [2.24, 2.45) is 5.16 Å². The minimum absolute atomic E-state index is 0.381. The lowest BCUT2D eigenvalue weighted by Gasteiger charge is -2.31. The van der Waals surface area contributed by atoms with Crippen LogP contribution in [0.2, 0.25) is 0 Å². The van der Waals surface area contributed by atoms with E-state index >= 15 is 0 Å². The predicted molar refractivity (Wildman–Crippen MR) is 92.9 cm³/mol. The lowest BCUT2D eigenvalue weighted by Crippen LogP contribution is -2.30. The Hall–Kier alpha value is -2.62. The summed E-state index contributed by atoms with van der Waals surface area (Å²) >= 11 is 0. The summed E-state index contributed by atoms with van der Waals surface area (Å²) < 4.78 is 0. The first-order valence-electron chi connectivity index (χ1n) is 7.86. The van der Waals surface area contributed by atoms with Crippen molar-refractivity contribution in [1.29, 1.82) is 0 Å². The number of rotatable bonds is 1. The fourth-order valence-corrected chi connectivity index (χ4v) is 3.56. The molecule has 116 valence electrons. The third kappa shape index (κ3) is 2.22. The maximum absolute atomic E-state index is 11.1. The molecule has 0 unspecified atom stereocenters. The summed E-state index contributed by atoms with van der Waals surface area (Å²) in [5.41, 5.74) is 5.69. The molecule has 0 atom stereocenters. The molecule has 1 heterocycles. The Bertz CT molecular complexity index is 881. The largest absolute Gasteiger partial charge is 0.374 e. The van der Waals surface area contributed by atoms with Gasteiger partial charge < -0.3 is 9.74 Å². The summed E-state index contributed by atoms with van der Waals surface area (Å²) in [6.07, 6.45) is 6.03. The van der Waals surface area contributed by atoms with Gasteiger partial charge in [0.2, 0.25) is 0 Å². The Labute approximate surface area is 135 Å². The maximum Gasteiger partial charge on any atom is 0.331 e. The molecule has 1 aliphatic heterocycles. The van der Waals surface area contributed by atoms with Gasteiger partial charge in [-0.2, -0.15) is 0 Å². The van der Waals surface area contributed by atoms with Crippen LogP contribution in [-0.4, -0.2) is 25.3 Å². The number of hydrogen-bond donors (Lipinski definition) is 0. The molecule has 0 saturated heterocycles. The number of benzene rings is 2. The lowest BCUT2D eigenvalue weighted by molar-refractivity contribution is -0.140. The lowest BCUT2D eigenvalue weighted by atomic mass is 9.84. The Balaban J connectivity index is 2.01. The van der Waals surface area contributed by atoms with Gasteiger partial charge in [-0.15, -0.1) is 0 Å². The fraction of sp³-hybridized carbons (Fsp3) is 0.263. The molecule has 2 aromatic carbocycles. The monoisotopic (exact) mass is 306 g/mol. The Kier molecular flexibility index (Phi) is 3.18. The first-order valence-corrected chi connectivity index (χ1v) is 7.86. The summed E-state index contributed by atoms with van der Waals surface area (Å²) in [4.78, 5) is 18.3. The number of allylic oxidation sites excluding steroid dienone is 1. The van der Waals surface area contributed by atoms with Crippen molar-refractivity contribution in [2.75, 3.05) is 18.5 Å². The molecule has 4 nitrogen and oxygen atoms in total. The van der Waals surface area contributed by atoms with Crippen LogP contribution in [0, 0.1) is 0 Å². The van der Waals surface area contributed by atoms with Crippen molar-refractivity contribution in [3.8, 4) is 0 Å². The highest BCUT2D eigenvalue weighted by Gasteiger charge is 2.26. The van der Waals surface area contributed by atoms with E-state index in [1.807, 2.05) is 0 Å². The number of oxime groups is 1. The van der Waals surface area contributed by atoms with Gasteiger partial charge in [0, 0.05) is 38.2 Å². The zero-order chi connectivity index (χ0) is 16.0. The van der Waals surface area contributed by atoms with Crippen molar-refractivity contribution in [3.63, 3.8) is 0 Å². The molecule has 0 fully saturated rings. The van der Waals surface area contributed by atoms with Crippen molar-refractivity contribution in [2.45, 2.75) is 19.8 Å². The molecule has 2 aromatic rings. The molecule has 0 saturated carbocycles. The molecule has 4 rings (SSSR count). The average molecular weight is 306 g/mol. The van der Waals surface area contributed by atoms with Crippen LogP contribution in [0.5, 0.6) is 0 Å². The molecular weight excluding hydrogens is 288 g/mol. The summed E-state index contributed by atoms with van der Waals surface area (Å²) in [6.45, 7) is 2.25. The second kappa shape index (κ2) is 5.23. The van der Waals surface area contributed by atoms with Crippen molar-refractivity contribution in [1.82, 2.24) is 0 Å². The number of hydrogen-bond acceptors (Lipinski definition) is 4. The van der Waals surface area contributed by atoms with Crippen molar-refractivity contribution in [3.05, 3.63) is 47.0 Å². The van der Waals surface area contributed by atoms with Gasteiger partial charge in [0.1, 0.15) is 0 Å². The number of carbonyl (C=O) groups is 1. The highest BCUT2D eigenvalue weighted by molar-refractivity contribution is 6.13. The number of anilines is 1. The summed E-state index contributed by atoms with van der Waals surface area (Å²) in [6, 6.07) is 8.62. The van der Waals surface area contributed by atoms with Gasteiger partial charge in [0.25, 0.3) is 0 Å². The van der Waals surface area contributed by atoms with Crippen molar-refractivity contribution >= 4 is 34.2 Å². The zero-order valence-electron chi connectivity index (χ0n) is 13.3. The molecule has 0 bridgehead atoms. The van der Waals surface area contributed by atoms with Crippen LogP contribution >= 0.6 is 0 Å². The second-order valence-corrected chi connectivity index (χ2v) is 6.09. The molecule has 0 aromatic heterocycles. The van der Waals surface area contributed by atoms with Gasteiger partial charge >= 0.3 is 5.97 Å². The highest BCUT2D eigenvalue weighted by atomic mass is 16.7. The van der Waals surface area contributed by atoms with Crippen molar-refractivity contribution < 1.29 is 9.63 Å². The zero-order valence-corrected chi connectivity index (χ0v) is 13.3. The van der Waals surface area contributed by atoms with Crippen LogP contribution in [0.3, 0.4) is 0 Å². The van der Waals surface area contributed by atoms with E-state index in [-0.39, 0.29) is 5.97 Å². The molecule has 0 amide bonds. The van der Waals surface area contributed by atoms with Crippen LogP contribution in [0.1, 0.15) is 30.0 Å². The third-order valence-electron chi connectivity index (χ3n) is 4.57. The van der Waals surface area contributed by atoms with Crippen LogP contribution in [0.25, 0.3) is 16.8 Å². The summed E-state index contributed by atoms with van der Waals surface area (Å²) in [7, 11) is 2.10. The molecular formula is C19H18N2O2. The maximum atomic E-state index is 11.1. The number of fused-ring (bicyclic) bond motifs is 2. The molecule has 1 aliphatic carbocycles. The summed E-state index contributed by atoms with van der Waals surface area (Å²) in [5, 5.41) is 6.69. The Morgan fingerprint density at radius 3 is 3.04 bits per heavy atom. The molecule has 4 heteroatoms. The van der Waals surface area contributed by atoms with E-state index in [4.69, 9.17) is 4.84 Å². The first kappa shape index (κ1) is 14.0. The number of carbonyl (C=O) groups excluding carboxylic acids is 1. The van der Waals surface area contributed by atoms with E-state index in [1.165, 1.54) is 28.8 Å². The summed E-state index contributed by atoms with van der Waals surface area (Å²) in [5.74, 6) is -0.381. The second-order valence-electron chi connectivity index (χ2n) is 6.09. The van der Waals surface area contributed by atoms with E-state index < -0.39 is 0 Å². The van der Waals surface area contributed by atoms with Crippen LogP contribution in [-0.2, 0) is 16.1 Å². The van der Waals surface area contributed by atoms with Gasteiger partial charge in [-0.1, -0.05) is 35.5 Å². The average Bonchev–Trinajstić information content (AvgIpc) is 2.55. The molecule has 0 radical (unpaired) electrons. The van der Waals surface area contributed by atoms with Crippen LogP contribution in [0.15, 0.2) is 35.5 Å². The molecule has 0 spiro atoms. The normalized spacial score (nSPS) is 17.5. The van der Waals surface area contributed by atoms with Crippen LogP contribution in [0.4, 0.5) is 5.69 Å². The first-order chi connectivity index (χ1) is 11.1. The van der Waals surface area contributed by atoms with Gasteiger partial charge in [-0.25, -0.2) is 4.79 Å². The minimum Gasteiger partial charge on any atom is -0.374 e.